The molecule has 3 nitrogen and oxygen atoms in total. The van der Waals surface area contributed by atoms with Crippen LogP contribution in [0.4, 0.5) is 0 Å². The average molecular weight is 173 g/mol. The molecule has 0 aromatic rings. The molecule has 0 aromatic carbocycles. The van der Waals surface area contributed by atoms with Crippen molar-refractivity contribution < 1.29 is 9.90 Å². The molecule has 0 atom stereocenters. The summed E-state index contributed by atoms with van der Waals surface area (Å²) in [5.74, 6) is 0.0772. The monoisotopic (exact) mass is 173 g/mol. The number of hydrogen-bond donors (Lipinski definition) is 2. The first kappa shape index (κ1) is 11.4. The van der Waals surface area contributed by atoms with E-state index in [0.717, 1.165) is 25.7 Å². The molecule has 72 valence electrons. The Morgan fingerprint density at radius 1 is 1.33 bits per heavy atom. The third kappa shape index (κ3) is 4.34. The molecule has 0 aromatic heterocycles. The lowest BCUT2D eigenvalue weighted by Crippen LogP contribution is -2.31. The first-order valence-electron chi connectivity index (χ1n) is 4.64. The summed E-state index contributed by atoms with van der Waals surface area (Å²) >= 11 is 0. The fraction of sp³-hybridized carbons (Fsp3) is 0.889. The second-order valence-electron chi connectivity index (χ2n) is 2.97. The number of carbonyl (C=O) groups is 1. The van der Waals surface area contributed by atoms with Crippen molar-refractivity contribution in [2.45, 2.75) is 39.5 Å². The van der Waals surface area contributed by atoms with E-state index >= 15 is 0 Å². The minimum Gasteiger partial charge on any atom is -0.377 e. The molecule has 0 spiro atoms. The SMILES string of the molecule is CCCC(CCC)C(=O)NCO. The Labute approximate surface area is 74.2 Å². The zero-order chi connectivity index (χ0) is 9.40. The predicted octanol–water partition coefficient (Wildman–Crippen LogP) is 1.27. The van der Waals surface area contributed by atoms with Gasteiger partial charge in [0.05, 0.1) is 0 Å². The second-order valence-corrected chi connectivity index (χ2v) is 2.97. The van der Waals surface area contributed by atoms with Crippen LogP contribution in [0.3, 0.4) is 0 Å². The van der Waals surface area contributed by atoms with Gasteiger partial charge >= 0.3 is 0 Å². The van der Waals surface area contributed by atoms with Gasteiger partial charge in [-0.25, -0.2) is 0 Å². The normalized spacial score (nSPS) is 10.3. The molecular formula is C9H19NO2. The molecule has 0 saturated carbocycles. The maximum absolute atomic E-state index is 11.3. The van der Waals surface area contributed by atoms with Gasteiger partial charge in [-0.1, -0.05) is 26.7 Å². The summed E-state index contributed by atoms with van der Waals surface area (Å²) in [6.45, 7) is 3.88. The van der Waals surface area contributed by atoms with Crippen LogP contribution in [0.5, 0.6) is 0 Å². The maximum Gasteiger partial charge on any atom is 0.224 e. The third-order valence-corrected chi connectivity index (χ3v) is 1.90. The van der Waals surface area contributed by atoms with Gasteiger partial charge in [-0.3, -0.25) is 4.79 Å². The summed E-state index contributed by atoms with van der Waals surface area (Å²) in [5, 5.41) is 10.9. The molecule has 0 fully saturated rings. The first-order chi connectivity index (χ1) is 5.76. The number of hydrogen-bond acceptors (Lipinski definition) is 2. The molecule has 0 radical (unpaired) electrons. The minimum atomic E-state index is -0.247. The van der Waals surface area contributed by atoms with Crippen LogP contribution in [0.25, 0.3) is 0 Å². The zero-order valence-corrected chi connectivity index (χ0v) is 7.97. The van der Waals surface area contributed by atoms with Gasteiger partial charge in [0.15, 0.2) is 0 Å². The Hall–Kier alpha value is -0.570. The van der Waals surface area contributed by atoms with E-state index in [1.165, 1.54) is 0 Å². The van der Waals surface area contributed by atoms with E-state index in [-0.39, 0.29) is 18.6 Å². The molecule has 0 unspecified atom stereocenters. The predicted molar refractivity (Wildman–Crippen MR) is 48.5 cm³/mol. The highest BCUT2D eigenvalue weighted by atomic mass is 16.3. The van der Waals surface area contributed by atoms with E-state index in [1.54, 1.807) is 0 Å². The number of amides is 1. The molecule has 0 aliphatic carbocycles. The van der Waals surface area contributed by atoms with E-state index in [0.29, 0.717) is 0 Å². The van der Waals surface area contributed by atoms with Crippen LogP contribution >= 0.6 is 0 Å². The minimum absolute atomic E-state index is 0.0128. The standard InChI is InChI=1S/C9H19NO2/c1-3-5-8(6-4-2)9(12)10-7-11/h8,11H,3-7H2,1-2H3,(H,10,12). The van der Waals surface area contributed by atoms with Crippen molar-refractivity contribution in [3.8, 4) is 0 Å². The smallest absolute Gasteiger partial charge is 0.224 e. The summed E-state index contributed by atoms with van der Waals surface area (Å²) in [6.07, 6.45) is 3.87. The van der Waals surface area contributed by atoms with Crippen LogP contribution in [-0.4, -0.2) is 17.7 Å². The Morgan fingerprint density at radius 2 is 1.83 bits per heavy atom. The van der Waals surface area contributed by atoms with Crippen molar-refractivity contribution in [3.05, 3.63) is 0 Å². The van der Waals surface area contributed by atoms with Crippen molar-refractivity contribution >= 4 is 5.91 Å². The van der Waals surface area contributed by atoms with Crippen LogP contribution in [0.1, 0.15) is 39.5 Å². The van der Waals surface area contributed by atoms with E-state index in [1.807, 2.05) is 0 Å². The number of nitrogens with one attached hydrogen (secondary N) is 1. The molecule has 0 rings (SSSR count). The highest BCUT2D eigenvalue weighted by Gasteiger charge is 2.14. The van der Waals surface area contributed by atoms with Crippen LogP contribution < -0.4 is 5.32 Å². The van der Waals surface area contributed by atoms with Crippen LogP contribution in [0.15, 0.2) is 0 Å². The number of aliphatic hydroxyl groups excluding tert-OH is 1. The summed E-state index contributed by atoms with van der Waals surface area (Å²) in [4.78, 5) is 11.3. The molecule has 2 N–H and O–H groups in total. The highest BCUT2D eigenvalue weighted by Crippen LogP contribution is 2.12. The van der Waals surface area contributed by atoms with Crippen molar-refractivity contribution in [2.24, 2.45) is 5.92 Å². The Bertz CT molecular complexity index is 120. The van der Waals surface area contributed by atoms with E-state index in [9.17, 15) is 4.79 Å². The van der Waals surface area contributed by atoms with Gasteiger partial charge in [-0.15, -0.1) is 0 Å². The summed E-state index contributed by atoms with van der Waals surface area (Å²) in [6, 6.07) is 0. The quantitative estimate of drug-likeness (QED) is 0.594. The first-order valence-corrected chi connectivity index (χ1v) is 4.64. The summed E-state index contributed by atoms with van der Waals surface area (Å²) in [5.41, 5.74) is 0. The number of rotatable bonds is 6. The van der Waals surface area contributed by atoms with Gasteiger partial charge in [0.25, 0.3) is 0 Å². The molecule has 0 bridgehead atoms. The second kappa shape index (κ2) is 7.10. The molecule has 0 aliphatic rings. The van der Waals surface area contributed by atoms with E-state index < -0.39 is 0 Å². The van der Waals surface area contributed by atoms with E-state index in [2.05, 4.69) is 19.2 Å². The average Bonchev–Trinajstić information content (AvgIpc) is 2.04. The van der Waals surface area contributed by atoms with Gasteiger partial charge in [0.1, 0.15) is 6.73 Å². The largest absolute Gasteiger partial charge is 0.377 e. The topological polar surface area (TPSA) is 49.3 Å². The molecule has 12 heavy (non-hydrogen) atoms. The highest BCUT2D eigenvalue weighted by molar-refractivity contribution is 5.78. The Balaban J connectivity index is 3.81. The number of carbonyl (C=O) groups excluding carboxylic acids is 1. The lowest BCUT2D eigenvalue weighted by molar-refractivity contribution is -0.126. The lowest BCUT2D eigenvalue weighted by atomic mass is 9.97. The molecule has 0 heterocycles. The Kier molecular flexibility index (Phi) is 6.76. The van der Waals surface area contributed by atoms with Gasteiger partial charge < -0.3 is 10.4 Å². The van der Waals surface area contributed by atoms with E-state index in [4.69, 9.17) is 5.11 Å². The van der Waals surface area contributed by atoms with Gasteiger partial charge in [-0.05, 0) is 12.8 Å². The maximum atomic E-state index is 11.3. The number of aliphatic hydroxyl groups is 1. The fourth-order valence-corrected chi connectivity index (χ4v) is 1.33. The van der Waals surface area contributed by atoms with Crippen molar-refractivity contribution in [3.63, 3.8) is 0 Å². The van der Waals surface area contributed by atoms with Crippen molar-refractivity contribution in [2.75, 3.05) is 6.73 Å². The lowest BCUT2D eigenvalue weighted by Gasteiger charge is -2.13. The van der Waals surface area contributed by atoms with Crippen molar-refractivity contribution in [1.82, 2.24) is 5.32 Å². The summed E-state index contributed by atoms with van der Waals surface area (Å²) in [7, 11) is 0. The van der Waals surface area contributed by atoms with Crippen LogP contribution in [0, 0.1) is 5.92 Å². The van der Waals surface area contributed by atoms with Gasteiger partial charge in [-0.2, -0.15) is 0 Å². The van der Waals surface area contributed by atoms with Gasteiger partial charge in [0.2, 0.25) is 5.91 Å². The molecule has 1 amide bonds. The Morgan fingerprint density at radius 3 is 2.17 bits per heavy atom. The zero-order valence-electron chi connectivity index (χ0n) is 7.97. The molecule has 3 heteroatoms. The molecule has 0 saturated heterocycles. The fourth-order valence-electron chi connectivity index (χ4n) is 1.33. The van der Waals surface area contributed by atoms with Crippen LogP contribution in [-0.2, 0) is 4.79 Å². The van der Waals surface area contributed by atoms with Crippen LogP contribution in [0.2, 0.25) is 0 Å². The summed E-state index contributed by atoms with van der Waals surface area (Å²) < 4.78 is 0. The third-order valence-electron chi connectivity index (χ3n) is 1.90. The van der Waals surface area contributed by atoms with Crippen molar-refractivity contribution in [1.29, 1.82) is 0 Å². The molecular weight excluding hydrogens is 154 g/mol. The van der Waals surface area contributed by atoms with Gasteiger partial charge in [0, 0.05) is 5.92 Å². The molecule has 0 aliphatic heterocycles.